The van der Waals surface area contributed by atoms with Crippen LogP contribution in [-0.2, 0) is 10.1 Å². The molecular weight excluding hydrogens is 701 g/mol. The van der Waals surface area contributed by atoms with E-state index in [0.717, 1.165) is 0 Å². The number of carbonyl (C=O) groups is 2. The molecule has 0 aliphatic carbocycles. The van der Waals surface area contributed by atoms with Crippen LogP contribution in [0, 0.1) is 0 Å². The molecule has 0 unspecified atom stereocenters. The number of unbranched alkanes of at least 4 members (excludes halogenated alkanes) is 6. The molecule has 0 aromatic heterocycles. The van der Waals surface area contributed by atoms with E-state index in [1.165, 1.54) is 151 Å². The molecule has 318 valence electrons. The molecule has 0 saturated carbocycles. The fourth-order valence-electron chi connectivity index (χ4n) is 7.93. The smallest absolute Gasteiger partial charge is 0.294 e. The van der Waals surface area contributed by atoms with Gasteiger partial charge in [-0.2, -0.15) is 8.42 Å². The largest absolute Gasteiger partial charge is 0.545 e. The van der Waals surface area contributed by atoms with Crippen molar-refractivity contribution < 1.29 is 41.7 Å². The first kappa shape index (κ1) is 54.1. The fraction of sp³-hybridized carbons (Fsp3) is 0.818. The van der Waals surface area contributed by atoms with Crippen LogP contribution < -0.4 is 10.2 Å². The lowest BCUT2D eigenvalue weighted by molar-refractivity contribution is -0.973. The summed E-state index contributed by atoms with van der Waals surface area (Å²) >= 11 is 0. The van der Waals surface area contributed by atoms with Crippen molar-refractivity contribution in [3.8, 4) is 0 Å². The van der Waals surface area contributed by atoms with E-state index in [-0.39, 0.29) is 0 Å². The molecule has 0 saturated heterocycles. The van der Waals surface area contributed by atoms with Gasteiger partial charge in [-0.1, -0.05) is 107 Å². The molecule has 0 atom stereocenters. The molecule has 1 aromatic carbocycles. The number of benzene rings is 1. The Labute approximate surface area is 333 Å². The Hall–Kier alpha value is -2.01. The van der Waals surface area contributed by atoms with E-state index < -0.39 is 38.1 Å². The number of quaternary nitrogens is 2. The Morgan fingerprint density at radius 1 is 0.519 bits per heavy atom. The maximum Gasteiger partial charge on any atom is 0.294 e. The zero-order chi connectivity index (χ0) is 42.1. The van der Waals surface area contributed by atoms with Gasteiger partial charge in [0.2, 0.25) is 0 Å². The van der Waals surface area contributed by atoms with Gasteiger partial charge >= 0.3 is 0 Å². The minimum Gasteiger partial charge on any atom is -0.545 e. The van der Waals surface area contributed by atoms with Crippen molar-refractivity contribution in [2.24, 2.45) is 0 Å². The third kappa shape index (κ3) is 18.8. The highest BCUT2D eigenvalue weighted by Gasteiger charge is 2.42. The van der Waals surface area contributed by atoms with E-state index >= 15 is 0 Å². The van der Waals surface area contributed by atoms with E-state index in [1.807, 2.05) is 0 Å². The number of carboxylic acids is 2. The standard InChI is InChI=1S/2C18H40N.C8H6O7S/c2*1-7-11-15-19(16-12-8-2,17-13-9-3)18(5,6)14-10-4;9-7(10)4-1-5(8(11)12)3-6(2-4)16(13,14)15/h2*7-17H2,1-6H3;1-3H,(H,9,10)(H,11,12)(H,13,14,15)/q2*+1;/p-2. The molecule has 54 heavy (non-hydrogen) atoms. The van der Waals surface area contributed by atoms with Gasteiger partial charge in [0.25, 0.3) is 10.1 Å². The lowest BCUT2D eigenvalue weighted by Gasteiger charge is -2.51. The summed E-state index contributed by atoms with van der Waals surface area (Å²) in [6.45, 7) is 37.1. The average molecular weight is 785 g/mol. The molecule has 1 N–H and O–H groups in total. The maximum atomic E-state index is 10.7. The lowest BCUT2D eigenvalue weighted by Crippen LogP contribution is -2.62. The van der Waals surface area contributed by atoms with Gasteiger partial charge in [0.15, 0.2) is 0 Å². The van der Waals surface area contributed by atoms with Crippen LogP contribution in [-0.4, -0.2) is 84.2 Å². The molecule has 0 fully saturated rings. The minimum atomic E-state index is -4.70. The number of nitrogens with zero attached hydrogens (tertiary/aromatic N) is 2. The summed E-state index contributed by atoms with van der Waals surface area (Å²) in [5.74, 6) is -3.54. The van der Waals surface area contributed by atoms with Crippen LogP contribution in [0.4, 0.5) is 0 Å². The Morgan fingerprint density at radius 3 is 0.926 bits per heavy atom. The van der Waals surface area contributed by atoms with Crippen LogP contribution in [0.2, 0.25) is 0 Å². The SMILES string of the molecule is CCCC[N+](CCCC)(CCCC)C(C)(C)CCC.CCCC[N+](CCCC)(CCCC)C(C)(C)CCC.O=C([O-])c1cc(C(=O)[O-])cc(S(=O)(=O)O)c1. The highest BCUT2D eigenvalue weighted by atomic mass is 32.2. The summed E-state index contributed by atoms with van der Waals surface area (Å²) in [6.07, 6.45) is 21.7. The van der Waals surface area contributed by atoms with Gasteiger partial charge in [0.05, 0.1) is 67.2 Å². The first-order valence-electron chi connectivity index (χ1n) is 21.5. The number of aromatic carboxylic acids is 2. The van der Waals surface area contributed by atoms with Crippen molar-refractivity contribution >= 4 is 22.1 Å². The highest BCUT2D eigenvalue weighted by molar-refractivity contribution is 7.85. The Kier molecular flexibility index (Phi) is 27.6. The van der Waals surface area contributed by atoms with E-state index in [2.05, 4.69) is 83.1 Å². The van der Waals surface area contributed by atoms with Crippen molar-refractivity contribution in [3.63, 3.8) is 0 Å². The second-order valence-corrected chi connectivity index (χ2v) is 18.1. The molecule has 10 heteroatoms. The first-order chi connectivity index (χ1) is 25.2. The fourth-order valence-corrected chi connectivity index (χ4v) is 8.48. The van der Waals surface area contributed by atoms with Crippen LogP contribution in [0.25, 0.3) is 0 Å². The van der Waals surface area contributed by atoms with E-state index in [0.29, 0.717) is 29.3 Å². The lowest BCUT2D eigenvalue weighted by atomic mass is 9.90. The Morgan fingerprint density at radius 2 is 0.759 bits per heavy atom. The maximum absolute atomic E-state index is 10.7. The minimum absolute atomic E-state index is 0.453. The number of carbonyl (C=O) groups excluding carboxylic acids is 2. The van der Waals surface area contributed by atoms with Gasteiger partial charge in [-0.3, -0.25) is 4.55 Å². The van der Waals surface area contributed by atoms with Gasteiger partial charge < -0.3 is 28.8 Å². The van der Waals surface area contributed by atoms with Crippen molar-refractivity contribution in [1.82, 2.24) is 0 Å². The normalized spacial score (nSPS) is 12.4. The Bertz CT molecular complexity index is 1160. The number of hydrogen-bond donors (Lipinski definition) is 1. The summed E-state index contributed by atoms with van der Waals surface area (Å²) in [7, 11) is -4.70. The summed E-state index contributed by atoms with van der Waals surface area (Å²) in [5.41, 5.74) is -0.466. The predicted molar refractivity (Wildman–Crippen MR) is 222 cm³/mol. The van der Waals surface area contributed by atoms with Crippen LogP contribution >= 0.6 is 0 Å². The van der Waals surface area contributed by atoms with Gasteiger partial charge in [0, 0.05) is 12.8 Å². The molecule has 0 bridgehead atoms. The van der Waals surface area contributed by atoms with E-state index in [9.17, 15) is 28.2 Å². The van der Waals surface area contributed by atoms with Crippen LogP contribution in [0.3, 0.4) is 0 Å². The van der Waals surface area contributed by atoms with E-state index in [4.69, 9.17) is 4.55 Å². The van der Waals surface area contributed by atoms with Crippen molar-refractivity contribution in [2.75, 3.05) is 39.3 Å². The summed E-state index contributed by atoms with van der Waals surface area (Å²) in [6, 6.07) is 1.83. The van der Waals surface area contributed by atoms with Crippen LogP contribution in [0.5, 0.6) is 0 Å². The summed E-state index contributed by atoms with van der Waals surface area (Å²) < 4.78 is 32.8. The number of rotatable bonds is 27. The molecule has 1 rings (SSSR count). The van der Waals surface area contributed by atoms with Gasteiger partial charge in [0.1, 0.15) is 0 Å². The van der Waals surface area contributed by atoms with Gasteiger partial charge in [-0.25, -0.2) is 0 Å². The first-order valence-corrected chi connectivity index (χ1v) is 22.9. The molecule has 9 nitrogen and oxygen atoms in total. The zero-order valence-corrected chi connectivity index (χ0v) is 37.8. The highest BCUT2D eigenvalue weighted by Crippen LogP contribution is 2.33. The van der Waals surface area contributed by atoms with Crippen LogP contribution in [0.1, 0.15) is 207 Å². The Balaban J connectivity index is 0. The molecule has 0 heterocycles. The number of hydrogen-bond acceptors (Lipinski definition) is 6. The van der Waals surface area contributed by atoms with Crippen molar-refractivity contribution in [2.45, 2.75) is 202 Å². The molecule has 0 amide bonds. The molecule has 0 spiro atoms. The molecular formula is C44H84N2O7S. The average Bonchev–Trinajstić information content (AvgIpc) is 3.11. The molecule has 0 aliphatic heterocycles. The topological polar surface area (TPSA) is 135 Å². The zero-order valence-electron chi connectivity index (χ0n) is 37.0. The quantitative estimate of drug-likeness (QED) is 0.0694. The third-order valence-corrected chi connectivity index (χ3v) is 12.4. The second kappa shape index (κ2) is 27.6. The van der Waals surface area contributed by atoms with Crippen LogP contribution in [0.15, 0.2) is 23.1 Å². The van der Waals surface area contributed by atoms with E-state index in [1.54, 1.807) is 0 Å². The molecule has 0 aliphatic rings. The number of carboxylic acid groups (broad SMARTS) is 2. The monoisotopic (exact) mass is 785 g/mol. The van der Waals surface area contributed by atoms with Crippen molar-refractivity contribution in [1.29, 1.82) is 0 Å². The summed E-state index contributed by atoms with van der Waals surface area (Å²) in [5, 5.41) is 20.9. The molecule has 0 radical (unpaired) electrons. The third-order valence-electron chi connectivity index (χ3n) is 11.6. The van der Waals surface area contributed by atoms with Crippen molar-refractivity contribution in [3.05, 3.63) is 29.3 Å². The summed E-state index contributed by atoms with van der Waals surface area (Å²) in [4.78, 5) is 20.1. The van der Waals surface area contributed by atoms with Gasteiger partial charge in [-0.05, 0) is 95.5 Å². The second-order valence-electron chi connectivity index (χ2n) is 16.7. The molecule has 1 aromatic rings. The predicted octanol–water partition coefficient (Wildman–Crippen LogP) is 9.22. The van der Waals surface area contributed by atoms with Gasteiger partial charge in [-0.15, -0.1) is 0 Å².